The molecule has 0 bridgehead atoms. The number of nitrogens with one attached hydrogen (secondary N) is 1. The van der Waals surface area contributed by atoms with Gasteiger partial charge in [0.25, 0.3) is 0 Å². The van der Waals surface area contributed by atoms with E-state index in [4.69, 9.17) is 23.2 Å². The Bertz CT molecular complexity index is 775. The molecule has 2 aromatic carbocycles. The summed E-state index contributed by atoms with van der Waals surface area (Å²) in [6.45, 7) is 0.954. The molecule has 0 aliphatic carbocycles. The standard InChI is InChI=1S/C17H14Cl2F2N2O2/c1-10(24)23(17-13(20)6-3-7-14(17)21)9-8-15(25)22-16-11(18)4-2-5-12(16)19/h2-7H,8-9H2,1H3,(H,22,25). The molecule has 1 N–H and O–H groups in total. The Kier molecular flexibility index (Phi) is 6.33. The van der Waals surface area contributed by atoms with Gasteiger partial charge in [0, 0.05) is 19.9 Å². The summed E-state index contributed by atoms with van der Waals surface area (Å²) in [5.41, 5.74) is -0.249. The maximum absolute atomic E-state index is 13.9. The maximum atomic E-state index is 13.9. The van der Waals surface area contributed by atoms with E-state index in [1.807, 2.05) is 0 Å². The zero-order valence-electron chi connectivity index (χ0n) is 13.2. The van der Waals surface area contributed by atoms with Crippen molar-refractivity contribution in [2.75, 3.05) is 16.8 Å². The van der Waals surface area contributed by atoms with Gasteiger partial charge in [-0.05, 0) is 24.3 Å². The highest BCUT2D eigenvalue weighted by Crippen LogP contribution is 2.30. The third-order valence-electron chi connectivity index (χ3n) is 3.38. The van der Waals surface area contributed by atoms with E-state index in [2.05, 4.69) is 5.32 Å². The van der Waals surface area contributed by atoms with E-state index < -0.39 is 29.1 Å². The van der Waals surface area contributed by atoms with Crippen molar-refractivity contribution in [3.63, 3.8) is 0 Å². The zero-order chi connectivity index (χ0) is 18.6. The molecule has 0 spiro atoms. The summed E-state index contributed by atoms with van der Waals surface area (Å²) >= 11 is 11.9. The van der Waals surface area contributed by atoms with Crippen molar-refractivity contribution in [1.82, 2.24) is 0 Å². The molecule has 8 heteroatoms. The first kappa shape index (κ1) is 19.1. The highest BCUT2D eigenvalue weighted by Gasteiger charge is 2.21. The largest absolute Gasteiger partial charge is 0.323 e. The summed E-state index contributed by atoms with van der Waals surface area (Å²) in [5, 5.41) is 3.03. The van der Waals surface area contributed by atoms with Crippen LogP contribution in [0.3, 0.4) is 0 Å². The SMILES string of the molecule is CC(=O)N(CCC(=O)Nc1c(Cl)cccc1Cl)c1c(F)cccc1F. The van der Waals surface area contributed by atoms with Crippen LogP contribution in [0.15, 0.2) is 36.4 Å². The molecule has 0 aromatic heterocycles. The summed E-state index contributed by atoms with van der Waals surface area (Å²) in [6, 6.07) is 8.01. The number of hydrogen-bond donors (Lipinski definition) is 1. The first-order valence-electron chi connectivity index (χ1n) is 7.27. The highest BCUT2D eigenvalue weighted by molar-refractivity contribution is 6.39. The molecule has 0 fully saturated rings. The van der Waals surface area contributed by atoms with Gasteiger partial charge in [0.2, 0.25) is 11.8 Å². The number of amides is 2. The summed E-state index contributed by atoms with van der Waals surface area (Å²) in [6.07, 6.45) is -0.199. The summed E-state index contributed by atoms with van der Waals surface area (Å²) in [4.78, 5) is 24.7. The molecule has 25 heavy (non-hydrogen) atoms. The Morgan fingerprint density at radius 3 is 2.08 bits per heavy atom. The van der Waals surface area contributed by atoms with Gasteiger partial charge in [0.05, 0.1) is 15.7 Å². The van der Waals surface area contributed by atoms with Gasteiger partial charge in [-0.15, -0.1) is 0 Å². The number of para-hydroxylation sites is 2. The Morgan fingerprint density at radius 2 is 1.56 bits per heavy atom. The molecule has 0 aliphatic heterocycles. The van der Waals surface area contributed by atoms with E-state index in [1.54, 1.807) is 18.2 Å². The van der Waals surface area contributed by atoms with Crippen LogP contribution in [0, 0.1) is 11.6 Å². The normalized spacial score (nSPS) is 10.4. The van der Waals surface area contributed by atoms with Crippen molar-refractivity contribution < 1.29 is 18.4 Å². The van der Waals surface area contributed by atoms with E-state index in [1.165, 1.54) is 6.07 Å². The van der Waals surface area contributed by atoms with E-state index in [-0.39, 0.29) is 28.7 Å². The van der Waals surface area contributed by atoms with Crippen LogP contribution in [-0.2, 0) is 9.59 Å². The minimum Gasteiger partial charge on any atom is -0.323 e. The Balaban J connectivity index is 2.12. The number of carbonyl (C=O) groups excluding carboxylic acids is 2. The van der Waals surface area contributed by atoms with Crippen LogP contribution in [0.2, 0.25) is 10.0 Å². The fourth-order valence-electron chi connectivity index (χ4n) is 2.21. The van der Waals surface area contributed by atoms with E-state index >= 15 is 0 Å². The monoisotopic (exact) mass is 386 g/mol. The Labute approximate surface area is 153 Å². The molecule has 0 unspecified atom stereocenters. The highest BCUT2D eigenvalue weighted by atomic mass is 35.5. The summed E-state index contributed by atoms with van der Waals surface area (Å²) in [7, 11) is 0. The number of carbonyl (C=O) groups is 2. The fraction of sp³-hybridized carbons (Fsp3) is 0.176. The van der Waals surface area contributed by atoms with Gasteiger partial charge in [-0.25, -0.2) is 8.78 Å². The van der Waals surface area contributed by atoms with Crippen molar-refractivity contribution in [3.8, 4) is 0 Å². The number of anilines is 2. The number of rotatable bonds is 5. The lowest BCUT2D eigenvalue weighted by Crippen LogP contribution is -2.33. The molecular weight excluding hydrogens is 373 g/mol. The van der Waals surface area contributed by atoms with Crippen molar-refractivity contribution in [2.45, 2.75) is 13.3 Å². The van der Waals surface area contributed by atoms with Gasteiger partial charge in [-0.1, -0.05) is 35.3 Å². The van der Waals surface area contributed by atoms with Gasteiger partial charge in [-0.3, -0.25) is 9.59 Å². The summed E-state index contributed by atoms with van der Waals surface area (Å²) in [5.74, 6) is -2.86. The van der Waals surface area contributed by atoms with Crippen molar-refractivity contribution in [1.29, 1.82) is 0 Å². The second-order valence-electron chi connectivity index (χ2n) is 5.14. The fourth-order valence-corrected chi connectivity index (χ4v) is 2.70. The van der Waals surface area contributed by atoms with Crippen molar-refractivity contribution >= 4 is 46.4 Å². The molecule has 0 heterocycles. The average Bonchev–Trinajstić information content (AvgIpc) is 2.53. The van der Waals surface area contributed by atoms with E-state index in [9.17, 15) is 18.4 Å². The number of nitrogens with zero attached hydrogens (tertiary/aromatic N) is 1. The van der Waals surface area contributed by atoms with Crippen LogP contribution in [0.1, 0.15) is 13.3 Å². The average molecular weight is 387 g/mol. The van der Waals surface area contributed by atoms with Gasteiger partial charge < -0.3 is 10.2 Å². The Hall–Kier alpha value is -2.18. The maximum Gasteiger partial charge on any atom is 0.226 e. The lowest BCUT2D eigenvalue weighted by atomic mass is 10.2. The van der Waals surface area contributed by atoms with Crippen LogP contribution in [0.4, 0.5) is 20.2 Å². The number of halogens is 4. The number of hydrogen-bond acceptors (Lipinski definition) is 2. The van der Waals surface area contributed by atoms with Gasteiger partial charge in [0.15, 0.2) is 0 Å². The van der Waals surface area contributed by atoms with Crippen LogP contribution in [0.25, 0.3) is 0 Å². The predicted molar refractivity (Wildman–Crippen MR) is 94.1 cm³/mol. The van der Waals surface area contributed by atoms with Gasteiger partial charge in [-0.2, -0.15) is 0 Å². The molecule has 0 aliphatic rings. The molecule has 2 aromatic rings. The lowest BCUT2D eigenvalue weighted by Gasteiger charge is -2.22. The number of benzene rings is 2. The second kappa shape index (κ2) is 8.27. The van der Waals surface area contributed by atoms with E-state index in [0.717, 1.165) is 24.0 Å². The van der Waals surface area contributed by atoms with Crippen LogP contribution in [0.5, 0.6) is 0 Å². The molecule has 2 amide bonds. The molecule has 2 rings (SSSR count). The topological polar surface area (TPSA) is 49.4 Å². The van der Waals surface area contributed by atoms with Crippen molar-refractivity contribution in [2.24, 2.45) is 0 Å². The smallest absolute Gasteiger partial charge is 0.226 e. The predicted octanol–water partition coefficient (Wildman–Crippen LogP) is 4.65. The molecule has 0 atom stereocenters. The summed E-state index contributed by atoms with van der Waals surface area (Å²) < 4.78 is 27.7. The minimum absolute atomic E-state index is 0.199. The van der Waals surface area contributed by atoms with E-state index in [0.29, 0.717) is 0 Å². The molecule has 132 valence electrons. The molecule has 0 saturated heterocycles. The quantitative estimate of drug-likeness (QED) is 0.812. The second-order valence-corrected chi connectivity index (χ2v) is 5.95. The molecule has 4 nitrogen and oxygen atoms in total. The molecule has 0 radical (unpaired) electrons. The molecule has 0 saturated carbocycles. The van der Waals surface area contributed by atoms with Crippen molar-refractivity contribution in [3.05, 3.63) is 58.1 Å². The third-order valence-corrected chi connectivity index (χ3v) is 4.01. The Morgan fingerprint density at radius 1 is 1.04 bits per heavy atom. The third kappa shape index (κ3) is 4.67. The van der Waals surface area contributed by atoms with Gasteiger partial charge in [0.1, 0.15) is 17.3 Å². The first-order valence-corrected chi connectivity index (χ1v) is 8.03. The first-order chi connectivity index (χ1) is 11.8. The van der Waals surface area contributed by atoms with Crippen LogP contribution < -0.4 is 10.2 Å². The van der Waals surface area contributed by atoms with Crippen LogP contribution in [-0.4, -0.2) is 18.4 Å². The van der Waals surface area contributed by atoms with Crippen LogP contribution >= 0.6 is 23.2 Å². The molecular formula is C17H14Cl2F2N2O2. The lowest BCUT2D eigenvalue weighted by molar-refractivity contribution is -0.117. The van der Waals surface area contributed by atoms with Gasteiger partial charge >= 0.3 is 0 Å². The minimum atomic E-state index is -0.884. The zero-order valence-corrected chi connectivity index (χ0v) is 14.7.